The van der Waals surface area contributed by atoms with Crippen molar-refractivity contribution in [3.05, 3.63) is 0 Å². The zero-order valence-corrected chi connectivity index (χ0v) is 13.4. The lowest BCUT2D eigenvalue weighted by Crippen LogP contribution is -2.57. The molecule has 0 aromatic heterocycles. The lowest BCUT2D eigenvalue weighted by molar-refractivity contribution is -0.155. The van der Waals surface area contributed by atoms with Crippen molar-refractivity contribution in [2.75, 3.05) is 20.6 Å². The van der Waals surface area contributed by atoms with Crippen molar-refractivity contribution in [2.24, 2.45) is 0 Å². The molecule has 1 amide bonds. The molecule has 0 heterocycles. The lowest BCUT2D eigenvalue weighted by atomic mass is 9.75. The normalized spacial score (nSPS) is 17.5. The molecule has 0 spiro atoms. The van der Waals surface area contributed by atoms with Crippen LogP contribution >= 0.6 is 0 Å². The summed E-state index contributed by atoms with van der Waals surface area (Å²) in [5, 5.41) is 2.94. The number of nitrogens with one attached hydrogen (secondary N) is 1. The van der Waals surface area contributed by atoms with Crippen LogP contribution in [0.5, 0.6) is 0 Å². The lowest BCUT2D eigenvalue weighted by Gasteiger charge is -2.47. The van der Waals surface area contributed by atoms with Crippen LogP contribution in [0.4, 0.5) is 0 Å². The third-order valence-corrected chi connectivity index (χ3v) is 3.82. The molecule has 1 fully saturated rings. The zero-order valence-electron chi connectivity index (χ0n) is 13.4. The molecule has 0 radical (unpaired) electrons. The first-order valence-corrected chi connectivity index (χ1v) is 7.31. The van der Waals surface area contributed by atoms with Gasteiger partial charge in [0.2, 0.25) is 5.91 Å². The van der Waals surface area contributed by atoms with Crippen LogP contribution in [0.1, 0.15) is 52.9 Å². The van der Waals surface area contributed by atoms with Gasteiger partial charge in [0.1, 0.15) is 5.60 Å². The Labute approximate surface area is 122 Å². The quantitative estimate of drug-likeness (QED) is 0.754. The number of ether oxygens (including phenoxy) is 1. The number of likely N-dealkylation sites (N-methyl/N-ethyl adjacent to an activating group) is 1. The van der Waals surface area contributed by atoms with Gasteiger partial charge in [-0.15, -0.1) is 0 Å². The summed E-state index contributed by atoms with van der Waals surface area (Å²) in [6, 6.07) is 0. The molecular weight excluding hydrogens is 256 g/mol. The van der Waals surface area contributed by atoms with Crippen LogP contribution < -0.4 is 5.32 Å². The molecule has 1 saturated carbocycles. The summed E-state index contributed by atoms with van der Waals surface area (Å²) in [4.78, 5) is 25.5. The number of carbonyl (C=O) groups is 2. The van der Waals surface area contributed by atoms with E-state index in [1.165, 1.54) is 6.42 Å². The number of rotatable bonds is 6. The van der Waals surface area contributed by atoms with E-state index in [4.69, 9.17) is 4.74 Å². The Kier molecular flexibility index (Phi) is 5.57. The highest BCUT2D eigenvalue weighted by Crippen LogP contribution is 2.35. The van der Waals surface area contributed by atoms with Crippen molar-refractivity contribution >= 4 is 11.9 Å². The van der Waals surface area contributed by atoms with Gasteiger partial charge in [-0.3, -0.25) is 9.59 Å². The maximum atomic E-state index is 11.8. The highest BCUT2D eigenvalue weighted by atomic mass is 16.6. The Hall–Kier alpha value is -1.10. The number of hydrogen-bond acceptors (Lipinski definition) is 4. The van der Waals surface area contributed by atoms with Gasteiger partial charge < -0.3 is 15.0 Å². The van der Waals surface area contributed by atoms with Crippen LogP contribution in [-0.4, -0.2) is 48.6 Å². The summed E-state index contributed by atoms with van der Waals surface area (Å²) in [6.45, 7) is 6.13. The molecule has 1 aliphatic rings. The van der Waals surface area contributed by atoms with Gasteiger partial charge >= 0.3 is 5.97 Å². The molecule has 5 nitrogen and oxygen atoms in total. The SMILES string of the molecule is CN(C)C1(CNC(=O)CCC(=O)OC(C)(C)C)CCC1. The number of esters is 1. The second-order valence-corrected chi connectivity index (χ2v) is 6.84. The minimum Gasteiger partial charge on any atom is -0.460 e. The largest absolute Gasteiger partial charge is 0.460 e. The van der Waals surface area contributed by atoms with Crippen LogP contribution in [0, 0.1) is 0 Å². The van der Waals surface area contributed by atoms with E-state index in [1.54, 1.807) is 0 Å². The summed E-state index contributed by atoms with van der Waals surface area (Å²) in [6.07, 6.45) is 3.78. The minimum atomic E-state index is -0.492. The molecule has 5 heteroatoms. The third kappa shape index (κ3) is 5.12. The van der Waals surface area contributed by atoms with Gasteiger partial charge in [0.25, 0.3) is 0 Å². The Morgan fingerprint density at radius 3 is 2.20 bits per heavy atom. The van der Waals surface area contributed by atoms with Crippen molar-refractivity contribution in [3.8, 4) is 0 Å². The Bertz CT molecular complexity index is 355. The fourth-order valence-electron chi connectivity index (χ4n) is 2.33. The summed E-state index contributed by atoms with van der Waals surface area (Å²) in [7, 11) is 4.10. The van der Waals surface area contributed by atoms with E-state index in [2.05, 4.69) is 10.2 Å². The van der Waals surface area contributed by atoms with Crippen LogP contribution in [0.2, 0.25) is 0 Å². The zero-order chi connectivity index (χ0) is 15.4. The van der Waals surface area contributed by atoms with Gasteiger partial charge in [-0.05, 0) is 54.1 Å². The molecule has 0 bridgehead atoms. The van der Waals surface area contributed by atoms with Crippen molar-refractivity contribution < 1.29 is 14.3 Å². The summed E-state index contributed by atoms with van der Waals surface area (Å²) in [5.74, 6) is -0.400. The Morgan fingerprint density at radius 1 is 1.20 bits per heavy atom. The van der Waals surface area contributed by atoms with Crippen LogP contribution in [0.15, 0.2) is 0 Å². The minimum absolute atomic E-state index is 0.0796. The molecule has 0 saturated heterocycles. The molecule has 0 atom stereocenters. The molecule has 0 aromatic carbocycles. The molecule has 1 aliphatic carbocycles. The smallest absolute Gasteiger partial charge is 0.306 e. The van der Waals surface area contributed by atoms with Crippen LogP contribution in [-0.2, 0) is 14.3 Å². The fourth-order valence-corrected chi connectivity index (χ4v) is 2.33. The number of nitrogens with zero attached hydrogens (tertiary/aromatic N) is 1. The van der Waals surface area contributed by atoms with E-state index in [0.717, 1.165) is 12.8 Å². The van der Waals surface area contributed by atoms with Gasteiger partial charge in [-0.2, -0.15) is 0 Å². The van der Waals surface area contributed by atoms with E-state index in [0.29, 0.717) is 6.54 Å². The molecule has 116 valence electrons. The maximum absolute atomic E-state index is 11.8. The molecule has 0 aliphatic heterocycles. The molecule has 1 N–H and O–H groups in total. The summed E-state index contributed by atoms with van der Waals surface area (Å²) < 4.78 is 5.18. The van der Waals surface area contributed by atoms with Crippen molar-refractivity contribution in [3.63, 3.8) is 0 Å². The van der Waals surface area contributed by atoms with Gasteiger partial charge in [0.05, 0.1) is 6.42 Å². The van der Waals surface area contributed by atoms with Crippen molar-refractivity contribution in [1.29, 1.82) is 0 Å². The average Bonchev–Trinajstić information content (AvgIpc) is 2.22. The van der Waals surface area contributed by atoms with Gasteiger partial charge in [0, 0.05) is 18.5 Å². The fraction of sp³-hybridized carbons (Fsp3) is 0.867. The standard InChI is InChI=1S/C15H28N2O3/c1-14(2,3)20-13(19)8-7-12(18)16-11-15(17(4)5)9-6-10-15/h6-11H2,1-5H3,(H,16,18). The molecule has 0 aromatic rings. The van der Waals surface area contributed by atoms with E-state index in [-0.39, 0.29) is 30.3 Å². The first kappa shape index (κ1) is 17.0. The van der Waals surface area contributed by atoms with E-state index >= 15 is 0 Å². The first-order chi connectivity index (χ1) is 9.15. The topological polar surface area (TPSA) is 58.6 Å². The van der Waals surface area contributed by atoms with Crippen LogP contribution in [0.25, 0.3) is 0 Å². The van der Waals surface area contributed by atoms with E-state index in [1.807, 2.05) is 34.9 Å². The summed E-state index contributed by atoms with van der Waals surface area (Å²) >= 11 is 0. The third-order valence-electron chi connectivity index (χ3n) is 3.82. The second kappa shape index (κ2) is 6.57. The predicted molar refractivity (Wildman–Crippen MR) is 78.4 cm³/mol. The van der Waals surface area contributed by atoms with Gasteiger partial charge in [-0.25, -0.2) is 0 Å². The van der Waals surface area contributed by atoms with Gasteiger partial charge in [-0.1, -0.05) is 0 Å². The number of hydrogen-bond donors (Lipinski definition) is 1. The molecule has 0 unspecified atom stereocenters. The first-order valence-electron chi connectivity index (χ1n) is 7.31. The molecular formula is C15H28N2O3. The van der Waals surface area contributed by atoms with Crippen molar-refractivity contribution in [1.82, 2.24) is 10.2 Å². The maximum Gasteiger partial charge on any atom is 0.306 e. The van der Waals surface area contributed by atoms with Crippen LogP contribution in [0.3, 0.4) is 0 Å². The highest BCUT2D eigenvalue weighted by molar-refractivity contribution is 5.81. The van der Waals surface area contributed by atoms with E-state index in [9.17, 15) is 9.59 Å². The second-order valence-electron chi connectivity index (χ2n) is 6.84. The summed E-state index contributed by atoms with van der Waals surface area (Å²) in [5.41, 5.74) is -0.379. The Balaban J connectivity index is 2.26. The van der Waals surface area contributed by atoms with Crippen molar-refractivity contribution in [2.45, 2.75) is 64.0 Å². The average molecular weight is 284 g/mol. The molecule has 1 rings (SSSR count). The monoisotopic (exact) mass is 284 g/mol. The highest BCUT2D eigenvalue weighted by Gasteiger charge is 2.39. The predicted octanol–water partition coefficient (Wildman–Crippen LogP) is 1.71. The number of amides is 1. The number of carbonyl (C=O) groups excluding carboxylic acids is 2. The molecule has 20 heavy (non-hydrogen) atoms. The van der Waals surface area contributed by atoms with E-state index < -0.39 is 5.60 Å². The Morgan fingerprint density at radius 2 is 1.80 bits per heavy atom. The van der Waals surface area contributed by atoms with Gasteiger partial charge in [0.15, 0.2) is 0 Å².